The third-order valence-electron chi connectivity index (χ3n) is 3.68. The van der Waals surface area contributed by atoms with Crippen LogP contribution in [0.4, 0.5) is 11.4 Å². The van der Waals surface area contributed by atoms with E-state index < -0.39 is 10.8 Å². The average Bonchev–Trinajstić information content (AvgIpc) is 3.05. The van der Waals surface area contributed by atoms with E-state index in [1.54, 1.807) is 29.1 Å². The summed E-state index contributed by atoms with van der Waals surface area (Å²) < 4.78 is 1.56. The summed E-state index contributed by atoms with van der Waals surface area (Å²) in [5.41, 5.74) is 0.886. The van der Waals surface area contributed by atoms with E-state index in [4.69, 9.17) is 34.8 Å². The van der Waals surface area contributed by atoms with E-state index in [0.717, 1.165) is 6.07 Å². The van der Waals surface area contributed by atoms with Gasteiger partial charge in [-0.05, 0) is 24.3 Å². The van der Waals surface area contributed by atoms with Crippen molar-refractivity contribution >= 4 is 52.1 Å². The third kappa shape index (κ3) is 4.39. The first-order valence-electron chi connectivity index (χ1n) is 7.56. The molecule has 1 amide bonds. The number of nitrogens with one attached hydrogen (secondary N) is 1. The molecule has 0 bridgehead atoms. The van der Waals surface area contributed by atoms with E-state index in [0.29, 0.717) is 27.8 Å². The largest absolute Gasteiger partial charge is 0.319 e. The van der Waals surface area contributed by atoms with Crippen molar-refractivity contribution in [1.29, 1.82) is 0 Å². The fraction of sp³-hybridized carbons (Fsp3) is 0.0588. The van der Waals surface area contributed by atoms with Crippen molar-refractivity contribution in [3.05, 3.63) is 85.1 Å². The number of aromatic nitrogens is 2. The predicted molar refractivity (Wildman–Crippen MR) is 104 cm³/mol. The number of benzene rings is 2. The highest BCUT2D eigenvalue weighted by Crippen LogP contribution is 2.26. The summed E-state index contributed by atoms with van der Waals surface area (Å²) in [5.74, 6) is -0.523. The smallest absolute Gasteiger partial charge is 0.288 e. The first kappa shape index (κ1) is 19.2. The van der Waals surface area contributed by atoms with Crippen molar-refractivity contribution in [2.24, 2.45) is 0 Å². The van der Waals surface area contributed by atoms with Gasteiger partial charge in [0.1, 0.15) is 5.02 Å². The number of carbonyl (C=O) groups is 1. The lowest BCUT2D eigenvalue weighted by Crippen LogP contribution is -2.11. The molecule has 0 atom stereocenters. The molecule has 27 heavy (non-hydrogen) atoms. The summed E-state index contributed by atoms with van der Waals surface area (Å²) in [7, 11) is 0. The van der Waals surface area contributed by atoms with E-state index in [1.807, 2.05) is 0 Å². The van der Waals surface area contributed by atoms with Crippen LogP contribution in [-0.2, 0) is 6.54 Å². The summed E-state index contributed by atoms with van der Waals surface area (Å²) in [6, 6.07) is 9.01. The number of nitrogens with zero attached hydrogens (tertiary/aromatic N) is 3. The summed E-state index contributed by atoms with van der Waals surface area (Å²) in [4.78, 5) is 22.6. The Kier molecular flexibility index (Phi) is 5.65. The second kappa shape index (κ2) is 7.96. The molecule has 1 aromatic heterocycles. The third-order valence-corrected chi connectivity index (χ3v) is 4.71. The van der Waals surface area contributed by atoms with Gasteiger partial charge in [0.15, 0.2) is 0 Å². The fourth-order valence-electron chi connectivity index (χ4n) is 2.36. The van der Waals surface area contributed by atoms with E-state index in [1.165, 1.54) is 18.3 Å². The van der Waals surface area contributed by atoms with Crippen LogP contribution in [-0.4, -0.2) is 20.6 Å². The maximum Gasteiger partial charge on any atom is 0.288 e. The lowest BCUT2D eigenvalue weighted by Gasteiger charge is -2.07. The molecule has 0 saturated heterocycles. The van der Waals surface area contributed by atoms with Gasteiger partial charge in [0, 0.05) is 33.4 Å². The zero-order chi connectivity index (χ0) is 19.6. The summed E-state index contributed by atoms with van der Waals surface area (Å²) >= 11 is 18.0. The Morgan fingerprint density at radius 2 is 1.85 bits per heavy atom. The highest BCUT2D eigenvalue weighted by atomic mass is 35.5. The van der Waals surface area contributed by atoms with Crippen molar-refractivity contribution in [2.75, 3.05) is 5.32 Å². The Bertz CT molecular complexity index is 1020. The standard InChI is InChI=1S/C17H11Cl3N4O3/c18-13-2-1-3-14(19)12(13)9-23-8-11(7-21-23)22-17(25)10-4-5-15(20)16(6-10)24(26)27/h1-8H,9H2,(H,22,25). The van der Waals surface area contributed by atoms with Gasteiger partial charge in [-0.2, -0.15) is 5.10 Å². The van der Waals surface area contributed by atoms with Crippen LogP contribution in [0, 0.1) is 10.1 Å². The van der Waals surface area contributed by atoms with E-state index in [2.05, 4.69) is 10.4 Å². The van der Waals surface area contributed by atoms with Gasteiger partial charge in [-0.15, -0.1) is 0 Å². The van der Waals surface area contributed by atoms with E-state index in [-0.39, 0.29) is 16.3 Å². The maximum absolute atomic E-state index is 12.3. The van der Waals surface area contributed by atoms with Crippen molar-refractivity contribution in [2.45, 2.75) is 6.54 Å². The van der Waals surface area contributed by atoms with Crippen LogP contribution >= 0.6 is 34.8 Å². The quantitative estimate of drug-likeness (QED) is 0.457. The molecular formula is C17H11Cl3N4O3. The minimum absolute atomic E-state index is 0.0408. The number of anilines is 1. The molecule has 10 heteroatoms. The Morgan fingerprint density at radius 1 is 1.15 bits per heavy atom. The minimum Gasteiger partial charge on any atom is -0.319 e. The zero-order valence-electron chi connectivity index (χ0n) is 13.5. The number of amides is 1. The molecule has 3 aromatic rings. The molecule has 0 spiro atoms. The molecule has 138 valence electrons. The molecule has 1 heterocycles. The van der Waals surface area contributed by atoms with Crippen LogP contribution < -0.4 is 5.32 Å². The van der Waals surface area contributed by atoms with E-state index >= 15 is 0 Å². The number of nitro benzene ring substituents is 1. The van der Waals surface area contributed by atoms with Crippen LogP contribution in [0.1, 0.15) is 15.9 Å². The number of hydrogen-bond acceptors (Lipinski definition) is 4. The van der Waals surface area contributed by atoms with Gasteiger partial charge in [0.05, 0.1) is 23.4 Å². The van der Waals surface area contributed by atoms with Crippen molar-refractivity contribution in [1.82, 2.24) is 9.78 Å². The zero-order valence-corrected chi connectivity index (χ0v) is 15.8. The summed E-state index contributed by atoms with van der Waals surface area (Å²) in [5, 5.41) is 18.7. The highest BCUT2D eigenvalue weighted by molar-refractivity contribution is 6.36. The van der Waals surface area contributed by atoms with Gasteiger partial charge in [0.2, 0.25) is 0 Å². The number of rotatable bonds is 5. The lowest BCUT2D eigenvalue weighted by molar-refractivity contribution is -0.384. The molecule has 1 N–H and O–H groups in total. The Labute approximate surface area is 168 Å². The van der Waals surface area contributed by atoms with Crippen molar-refractivity contribution in [3.63, 3.8) is 0 Å². The second-order valence-corrected chi connectivity index (χ2v) is 6.73. The molecule has 0 radical (unpaired) electrons. The number of nitro groups is 1. The average molecular weight is 426 g/mol. The monoisotopic (exact) mass is 424 g/mol. The number of carbonyl (C=O) groups excluding carboxylic acids is 1. The SMILES string of the molecule is O=C(Nc1cnn(Cc2c(Cl)cccc2Cl)c1)c1ccc(Cl)c([N+](=O)[O-])c1. The molecule has 0 aliphatic carbocycles. The van der Waals surface area contributed by atoms with Crippen LogP contribution in [0.5, 0.6) is 0 Å². The maximum atomic E-state index is 12.3. The molecular weight excluding hydrogens is 415 g/mol. The fourth-order valence-corrected chi connectivity index (χ4v) is 3.06. The topological polar surface area (TPSA) is 90.1 Å². The molecule has 2 aromatic carbocycles. The Morgan fingerprint density at radius 3 is 2.52 bits per heavy atom. The predicted octanol–water partition coefficient (Wildman–Crippen LogP) is 5.05. The molecule has 0 unspecified atom stereocenters. The molecule has 0 aliphatic heterocycles. The molecule has 3 rings (SSSR count). The first-order valence-corrected chi connectivity index (χ1v) is 8.69. The van der Waals surface area contributed by atoms with Gasteiger partial charge in [-0.3, -0.25) is 19.6 Å². The summed E-state index contributed by atoms with van der Waals surface area (Å²) in [6.45, 7) is 0.320. The first-order chi connectivity index (χ1) is 12.8. The summed E-state index contributed by atoms with van der Waals surface area (Å²) in [6.07, 6.45) is 3.05. The van der Waals surface area contributed by atoms with Crippen LogP contribution in [0.15, 0.2) is 48.8 Å². The van der Waals surface area contributed by atoms with Gasteiger partial charge in [-0.1, -0.05) is 40.9 Å². The highest BCUT2D eigenvalue weighted by Gasteiger charge is 2.17. The van der Waals surface area contributed by atoms with Crippen molar-refractivity contribution in [3.8, 4) is 0 Å². The van der Waals surface area contributed by atoms with Crippen LogP contribution in [0.25, 0.3) is 0 Å². The van der Waals surface area contributed by atoms with Crippen LogP contribution in [0.2, 0.25) is 15.1 Å². The van der Waals surface area contributed by atoms with Gasteiger partial charge in [0.25, 0.3) is 11.6 Å². The van der Waals surface area contributed by atoms with Crippen LogP contribution in [0.3, 0.4) is 0 Å². The van der Waals surface area contributed by atoms with E-state index in [9.17, 15) is 14.9 Å². The second-order valence-electron chi connectivity index (χ2n) is 5.50. The number of halogens is 3. The molecule has 0 aliphatic rings. The molecule has 0 fully saturated rings. The van der Waals surface area contributed by atoms with Gasteiger partial charge >= 0.3 is 0 Å². The lowest BCUT2D eigenvalue weighted by atomic mass is 10.2. The van der Waals surface area contributed by atoms with Gasteiger partial charge in [-0.25, -0.2) is 0 Å². The van der Waals surface area contributed by atoms with Crippen molar-refractivity contribution < 1.29 is 9.72 Å². The van der Waals surface area contributed by atoms with Gasteiger partial charge < -0.3 is 5.32 Å². The Hall–Kier alpha value is -2.61. The molecule has 7 nitrogen and oxygen atoms in total. The normalized spacial score (nSPS) is 10.6. The minimum atomic E-state index is -0.648. The Balaban J connectivity index is 1.75. The molecule has 0 saturated carbocycles. The number of hydrogen-bond donors (Lipinski definition) is 1.